The number of nitrogens with two attached hydrogens (primary N) is 1. The molecule has 8 heteroatoms. The number of hydrogen-bond acceptors (Lipinski definition) is 4. The van der Waals surface area contributed by atoms with Gasteiger partial charge in [-0.15, -0.1) is 11.3 Å². The molecule has 0 saturated carbocycles. The van der Waals surface area contributed by atoms with Crippen LogP contribution >= 0.6 is 34.5 Å². The number of halogens is 2. The molecule has 0 spiro atoms. The van der Waals surface area contributed by atoms with Crippen molar-refractivity contribution in [3.63, 3.8) is 0 Å². The van der Waals surface area contributed by atoms with Crippen molar-refractivity contribution in [1.82, 2.24) is 4.57 Å². The number of rotatable bonds is 3. The van der Waals surface area contributed by atoms with Crippen molar-refractivity contribution >= 4 is 40.4 Å². The van der Waals surface area contributed by atoms with E-state index in [-0.39, 0.29) is 11.6 Å². The van der Waals surface area contributed by atoms with Gasteiger partial charge >= 0.3 is 0 Å². The molecule has 2 aromatic heterocycles. The average Bonchev–Trinajstić information content (AvgIpc) is 3.04. The molecule has 136 valence electrons. The summed E-state index contributed by atoms with van der Waals surface area (Å²) in [6.07, 6.45) is 0. The number of aryl methyl sites for hydroxylation is 2. The zero-order valence-corrected chi connectivity index (χ0v) is 16.7. The Bertz CT molecular complexity index is 1020. The summed E-state index contributed by atoms with van der Waals surface area (Å²) in [7, 11) is 1.74. The molecule has 0 atom stereocenters. The first-order valence-electron chi connectivity index (χ1n) is 7.67. The Balaban J connectivity index is 2.49. The minimum absolute atomic E-state index is 0.0458. The van der Waals surface area contributed by atoms with E-state index in [2.05, 4.69) is 5.16 Å². The van der Waals surface area contributed by atoms with Gasteiger partial charge in [0.1, 0.15) is 10.9 Å². The van der Waals surface area contributed by atoms with Crippen LogP contribution in [0.1, 0.15) is 16.1 Å². The summed E-state index contributed by atoms with van der Waals surface area (Å²) >= 11 is 14.6. The molecule has 0 bridgehead atoms. The first kappa shape index (κ1) is 18.6. The molecule has 0 amide bonds. The molecule has 2 heterocycles. The molecule has 0 radical (unpaired) electrons. The summed E-state index contributed by atoms with van der Waals surface area (Å²) in [5, 5.41) is 25.0. The number of amidine groups is 1. The molecule has 3 aromatic rings. The molecular formula is C18H17Cl2N3O2S. The van der Waals surface area contributed by atoms with Crippen LogP contribution in [0, 0.1) is 13.8 Å². The Labute approximate surface area is 164 Å². The van der Waals surface area contributed by atoms with Crippen LogP contribution in [0.15, 0.2) is 28.7 Å². The van der Waals surface area contributed by atoms with Gasteiger partial charge in [-0.05, 0) is 43.0 Å². The van der Waals surface area contributed by atoms with Gasteiger partial charge in [0, 0.05) is 34.2 Å². The topological polar surface area (TPSA) is 83.8 Å². The summed E-state index contributed by atoms with van der Waals surface area (Å²) in [5.74, 6) is 0.0162. The number of phenols is 1. The molecule has 0 saturated heterocycles. The van der Waals surface area contributed by atoms with Gasteiger partial charge in [-0.25, -0.2) is 0 Å². The fourth-order valence-electron chi connectivity index (χ4n) is 3.14. The number of aromatic hydroxyl groups is 1. The van der Waals surface area contributed by atoms with Gasteiger partial charge in [0.05, 0.1) is 10.7 Å². The van der Waals surface area contributed by atoms with Gasteiger partial charge in [-0.3, -0.25) is 0 Å². The second-order valence-electron chi connectivity index (χ2n) is 5.95. The lowest BCUT2D eigenvalue weighted by Gasteiger charge is -2.11. The smallest absolute Gasteiger partial charge is 0.187 e. The summed E-state index contributed by atoms with van der Waals surface area (Å²) in [6, 6.07) is 4.71. The predicted molar refractivity (Wildman–Crippen MR) is 108 cm³/mol. The van der Waals surface area contributed by atoms with Crippen molar-refractivity contribution in [2.45, 2.75) is 13.8 Å². The summed E-state index contributed by atoms with van der Waals surface area (Å²) in [4.78, 5) is 1.08. The molecule has 1 aromatic carbocycles. The SMILES string of the molecule is Cc1csc(C)c1-c1c(-c2ccc(O)cc2Cl)c(Cl)n(C)c1C(N)=NO. The van der Waals surface area contributed by atoms with Crippen LogP contribution < -0.4 is 5.73 Å². The molecule has 0 fully saturated rings. The Morgan fingerprint density at radius 2 is 1.88 bits per heavy atom. The van der Waals surface area contributed by atoms with Crippen molar-refractivity contribution in [1.29, 1.82) is 0 Å². The normalized spacial score (nSPS) is 12.0. The molecule has 5 nitrogen and oxygen atoms in total. The molecular weight excluding hydrogens is 393 g/mol. The average molecular weight is 410 g/mol. The molecule has 26 heavy (non-hydrogen) atoms. The Kier molecular flexibility index (Phi) is 4.92. The highest BCUT2D eigenvalue weighted by molar-refractivity contribution is 7.10. The lowest BCUT2D eigenvalue weighted by molar-refractivity contribution is 0.318. The van der Waals surface area contributed by atoms with Crippen LogP contribution in [0.2, 0.25) is 10.2 Å². The molecule has 4 N–H and O–H groups in total. The highest BCUT2D eigenvalue weighted by Gasteiger charge is 2.28. The fourth-order valence-corrected chi connectivity index (χ4v) is 4.55. The Hall–Kier alpha value is -2.15. The van der Waals surface area contributed by atoms with Crippen LogP contribution in [0.4, 0.5) is 0 Å². The van der Waals surface area contributed by atoms with Crippen LogP contribution in [-0.4, -0.2) is 20.7 Å². The van der Waals surface area contributed by atoms with Gasteiger partial charge in [-0.2, -0.15) is 0 Å². The molecule has 0 aliphatic heterocycles. The third-order valence-electron chi connectivity index (χ3n) is 4.30. The van der Waals surface area contributed by atoms with E-state index >= 15 is 0 Å². The van der Waals surface area contributed by atoms with Gasteiger partial charge in [-0.1, -0.05) is 28.4 Å². The number of oxime groups is 1. The number of thiophene rings is 1. The van der Waals surface area contributed by atoms with E-state index in [9.17, 15) is 10.3 Å². The lowest BCUT2D eigenvalue weighted by Crippen LogP contribution is -2.18. The van der Waals surface area contributed by atoms with E-state index in [1.54, 1.807) is 35.1 Å². The van der Waals surface area contributed by atoms with Gasteiger partial charge < -0.3 is 20.6 Å². The van der Waals surface area contributed by atoms with Crippen LogP contribution in [-0.2, 0) is 7.05 Å². The van der Waals surface area contributed by atoms with Crippen LogP contribution in [0.5, 0.6) is 5.75 Å². The van der Waals surface area contributed by atoms with E-state index in [1.165, 1.54) is 6.07 Å². The summed E-state index contributed by atoms with van der Waals surface area (Å²) < 4.78 is 1.67. The zero-order valence-electron chi connectivity index (χ0n) is 14.3. The first-order chi connectivity index (χ1) is 12.3. The van der Waals surface area contributed by atoms with E-state index < -0.39 is 0 Å². The standard InChI is InChI=1S/C18H17Cl2N3O2S/c1-8-7-26-9(2)13(8)15-14(11-5-4-10(24)6-12(11)19)17(20)23(3)16(15)18(21)22-25/h4-7,24-25H,1-3H3,(H2,21,22). The van der Waals surface area contributed by atoms with E-state index in [0.717, 1.165) is 21.6 Å². The van der Waals surface area contributed by atoms with Crippen molar-refractivity contribution in [2.75, 3.05) is 0 Å². The Morgan fingerprint density at radius 1 is 1.19 bits per heavy atom. The minimum atomic E-state index is -0.0458. The van der Waals surface area contributed by atoms with Gasteiger partial charge in [0.25, 0.3) is 0 Å². The number of hydrogen-bond donors (Lipinski definition) is 3. The monoisotopic (exact) mass is 409 g/mol. The van der Waals surface area contributed by atoms with Gasteiger partial charge in [0.2, 0.25) is 0 Å². The predicted octanol–water partition coefficient (Wildman–Crippen LogP) is 5.14. The Morgan fingerprint density at radius 3 is 2.42 bits per heavy atom. The zero-order chi connectivity index (χ0) is 19.2. The maximum atomic E-state index is 9.69. The molecule has 0 aliphatic carbocycles. The summed E-state index contributed by atoms with van der Waals surface area (Å²) in [5.41, 5.74) is 10.6. The number of benzene rings is 1. The van der Waals surface area contributed by atoms with Crippen molar-refractivity contribution in [3.05, 3.63) is 49.9 Å². The highest BCUT2D eigenvalue weighted by Crippen LogP contribution is 2.47. The third-order valence-corrected chi connectivity index (χ3v) is 6.09. The maximum Gasteiger partial charge on any atom is 0.187 e. The van der Waals surface area contributed by atoms with Crippen LogP contribution in [0.25, 0.3) is 22.3 Å². The fraction of sp³-hybridized carbons (Fsp3) is 0.167. The second-order valence-corrected chi connectivity index (χ2v) is 7.80. The first-order valence-corrected chi connectivity index (χ1v) is 9.31. The lowest BCUT2D eigenvalue weighted by atomic mass is 9.94. The third kappa shape index (κ3) is 2.84. The highest BCUT2D eigenvalue weighted by atomic mass is 35.5. The van der Waals surface area contributed by atoms with E-state index in [0.29, 0.717) is 27.0 Å². The van der Waals surface area contributed by atoms with E-state index in [1.807, 2.05) is 19.2 Å². The maximum absolute atomic E-state index is 9.69. The van der Waals surface area contributed by atoms with E-state index in [4.69, 9.17) is 28.9 Å². The van der Waals surface area contributed by atoms with Crippen molar-refractivity contribution in [3.8, 4) is 28.0 Å². The molecule has 3 rings (SSSR count). The summed E-state index contributed by atoms with van der Waals surface area (Å²) in [6.45, 7) is 4.00. The second kappa shape index (κ2) is 6.87. The van der Waals surface area contributed by atoms with Crippen molar-refractivity contribution < 1.29 is 10.3 Å². The molecule has 0 unspecified atom stereocenters. The van der Waals surface area contributed by atoms with Gasteiger partial charge in [0.15, 0.2) is 5.84 Å². The minimum Gasteiger partial charge on any atom is -0.508 e. The molecule has 0 aliphatic rings. The largest absolute Gasteiger partial charge is 0.508 e. The number of nitrogens with zero attached hydrogens (tertiary/aromatic N) is 2. The van der Waals surface area contributed by atoms with Crippen LogP contribution in [0.3, 0.4) is 0 Å². The number of aromatic nitrogens is 1. The quantitative estimate of drug-likeness (QED) is 0.242. The van der Waals surface area contributed by atoms with Crippen molar-refractivity contribution in [2.24, 2.45) is 17.9 Å². The number of phenolic OH excluding ortho intramolecular Hbond substituents is 1.